The highest BCUT2D eigenvalue weighted by Gasteiger charge is 2.21. The molecule has 0 saturated carbocycles. The number of carbonyl (C=O) groups is 1. The van der Waals surface area contributed by atoms with Gasteiger partial charge in [-0.3, -0.25) is 13.3 Å². The molecule has 1 amide bonds. The highest BCUT2D eigenvalue weighted by molar-refractivity contribution is 7.81. The van der Waals surface area contributed by atoms with Gasteiger partial charge in [-0.25, -0.2) is 9.97 Å². The Morgan fingerprint density at radius 3 is 2.52 bits per heavy atom. The first-order valence-corrected chi connectivity index (χ1v) is 13.0. The topological polar surface area (TPSA) is 151 Å². The molecule has 40 heavy (non-hydrogen) atoms. The number of methoxy groups -OCH3 is 1. The molecule has 200 valence electrons. The molecule has 0 radical (unpaired) electrons. The number of hydrogen-bond acceptors (Lipinski definition) is 8. The fourth-order valence-electron chi connectivity index (χ4n) is 3.66. The van der Waals surface area contributed by atoms with Crippen molar-refractivity contribution in [1.82, 2.24) is 19.6 Å². The van der Waals surface area contributed by atoms with Crippen LogP contribution in [0.3, 0.4) is 0 Å². The van der Waals surface area contributed by atoms with Crippen molar-refractivity contribution in [2.45, 2.75) is 0 Å². The molecule has 5 rings (SSSR count). The lowest BCUT2D eigenvalue weighted by Gasteiger charge is -2.27. The van der Waals surface area contributed by atoms with Crippen LogP contribution in [0.4, 0.5) is 23.0 Å². The lowest BCUT2D eigenvalue weighted by Crippen LogP contribution is -2.22. The number of halogens is 1. The second-order valence-corrected chi connectivity index (χ2v) is 9.27. The van der Waals surface area contributed by atoms with Crippen LogP contribution in [-0.4, -0.2) is 36.4 Å². The first kappa shape index (κ1) is 26.7. The van der Waals surface area contributed by atoms with Crippen LogP contribution in [0.1, 0.15) is 10.4 Å². The van der Waals surface area contributed by atoms with Crippen LogP contribution in [0.5, 0.6) is 5.75 Å². The zero-order chi connectivity index (χ0) is 28.1. The van der Waals surface area contributed by atoms with Gasteiger partial charge >= 0.3 is 5.91 Å². The monoisotopic (exact) mass is 574 g/mol. The summed E-state index contributed by atoms with van der Waals surface area (Å²) in [6.45, 7) is 0. The number of aromatic nitrogens is 3. The van der Waals surface area contributed by atoms with Gasteiger partial charge in [-0.05, 0) is 54.6 Å². The zero-order valence-corrected chi connectivity index (χ0v) is 22.3. The number of nitrogens with one attached hydrogen (secondary N) is 1. The van der Waals surface area contributed by atoms with Gasteiger partial charge in [0, 0.05) is 11.6 Å². The lowest BCUT2D eigenvalue weighted by molar-refractivity contribution is 0.0992. The predicted octanol–water partition coefficient (Wildman–Crippen LogP) is 5.34. The van der Waals surface area contributed by atoms with Gasteiger partial charge in [0.1, 0.15) is 18.1 Å². The molecule has 0 saturated heterocycles. The Kier molecular flexibility index (Phi) is 7.89. The Balaban J connectivity index is 1.58. The number of fused-ring (bicyclic) bond motifs is 1. The molecule has 0 bridgehead atoms. The summed E-state index contributed by atoms with van der Waals surface area (Å²) >= 11 is 3.52. The van der Waals surface area contributed by atoms with E-state index in [1.165, 1.54) is 36.1 Å². The zero-order valence-electron chi connectivity index (χ0n) is 20.7. The third-order valence-electron chi connectivity index (χ3n) is 5.52. The van der Waals surface area contributed by atoms with Gasteiger partial charge in [0.25, 0.3) is 0 Å². The minimum absolute atomic E-state index is 0.0558. The van der Waals surface area contributed by atoms with Crippen LogP contribution in [-0.2, 0) is 11.3 Å². The highest BCUT2D eigenvalue weighted by atomic mass is 35.5. The van der Waals surface area contributed by atoms with Crippen LogP contribution in [0.15, 0.2) is 102 Å². The summed E-state index contributed by atoms with van der Waals surface area (Å²) in [6, 6.07) is 21.3. The fourth-order valence-corrected chi connectivity index (χ4v) is 4.38. The van der Waals surface area contributed by atoms with E-state index in [-0.39, 0.29) is 22.9 Å². The Morgan fingerprint density at radius 2 is 1.80 bits per heavy atom. The molecule has 12 nitrogen and oxygen atoms in total. The average molecular weight is 575 g/mol. The Bertz CT molecular complexity index is 1790. The van der Waals surface area contributed by atoms with Gasteiger partial charge in [0.05, 0.1) is 55.8 Å². The Hall–Kier alpha value is -4.94. The molecule has 0 fully saturated rings. The SMILES string of the molecule is COc1ccc(Cl)c(Nc2nc3ccccc3nc2N(c2cccc(C(=O)N=[N+]=Nn3cccc3)c2)S(=O)[O-])c1. The molecule has 1 atom stereocenters. The third kappa shape index (κ3) is 5.87. The fraction of sp³-hybridized carbons (Fsp3) is 0.0385. The third-order valence-corrected chi connectivity index (χ3v) is 6.53. The van der Waals surface area contributed by atoms with Crippen molar-refractivity contribution in [3.05, 3.63) is 102 Å². The van der Waals surface area contributed by atoms with Crippen LogP contribution >= 0.6 is 11.6 Å². The summed E-state index contributed by atoms with van der Waals surface area (Å²) in [6.07, 6.45) is 3.25. The molecular weight excluding hydrogens is 556 g/mol. The summed E-state index contributed by atoms with van der Waals surface area (Å²) in [5.41, 5.74) is 1.57. The smallest absolute Gasteiger partial charge is 0.335 e. The first-order valence-electron chi connectivity index (χ1n) is 11.6. The van der Waals surface area contributed by atoms with Crippen molar-refractivity contribution in [3.63, 3.8) is 0 Å². The number of amides is 1. The number of ether oxygens (including phenoxy) is 1. The van der Waals surface area contributed by atoms with Gasteiger partial charge in [-0.15, -0.1) is 0 Å². The minimum atomic E-state index is -2.88. The van der Waals surface area contributed by atoms with Crippen LogP contribution in [0.25, 0.3) is 11.0 Å². The molecule has 14 heteroatoms. The second kappa shape index (κ2) is 11.8. The normalized spacial score (nSPS) is 11.4. The van der Waals surface area contributed by atoms with Gasteiger partial charge in [0.15, 0.2) is 11.6 Å². The first-order chi connectivity index (χ1) is 19.4. The van der Waals surface area contributed by atoms with E-state index >= 15 is 0 Å². The largest absolute Gasteiger partial charge is 0.755 e. The van der Waals surface area contributed by atoms with Crippen molar-refractivity contribution in [1.29, 1.82) is 0 Å². The summed E-state index contributed by atoms with van der Waals surface area (Å²) in [5, 5.41) is 10.8. The number of carbonyl (C=O) groups excluding carboxylic acids is 1. The maximum absolute atomic E-state index is 12.7. The standard InChI is InChI=1S/C26H19ClN8O4S/c1-39-19-11-12-20(27)23(16-19)29-24-25(30-22-10-3-2-9-21(22)28-24)35(40(37)38)18-8-6-7-17(15-18)26(36)31-32-33-34-13-4-5-14-34/h2-16H,1H3,(H-,28,29,37,38). The maximum atomic E-state index is 12.7. The van der Waals surface area contributed by atoms with E-state index in [1.807, 2.05) is 0 Å². The van der Waals surface area contributed by atoms with E-state index in [2.05, 4.69) is 30.5 Å². The summed E-state index contributed by atoms with van der Waals surface area (Å²) in [4.78, 5) is 25.4. The Morgan fingerprint density at radius 1 is 1.05 bits per heavy atom. The molecule has 1 N–H and O–H groups in total. The molecular formula is C26H19ClN8O4S. The number of anilines is 4. The number of rotatable bonds is 8. The quantitative estimate of drug-likeness (QED) is 0.149. The van der Waals surface area contributed by atoms with Crippen LogP contribution in [0, 0.1) is 0 Å². The molecule has 0 spiro atoms. The number of nitrogens with zero attached hydrogens (tertiary/aromatic N) is 7. The molecule has 2 heterocycles. The second-order valence-electron chi connectivity index (χ2n) is 8.06. The highest BCUT2D eigenvalue weighted by Crippen LogP contribution is 2.36. The van der Waals surface area contributed by atoms with Gasteiger partial charge < -0.3 is 14.6 Å². The van der Waals surface area contributed by atoms with E-state index < -0.39 is 17.2 Å². The van der Waals surface area contributed by atoms with Crippen LogP contribution in [0.2, 0.25) is 5.02 Å². The van der Waals surface area contributed by atoms with E-state index in [1.54, 1.807) is 67.0 Å². The molecule has 1 unspecified atom stereocenters. The van der Waals surface area contributed by atoms with Crippen molar-refractivity contribution in [2.24, 2.45) is 10.3 Å². The lowest BCUT2D eigenvalue weighted by atomic mass is 10.2. The van der Waals surface area contributed by atoms with Crippen molar-refractivity contribution in [2.75, 3.05) is 16.7 Å². The van der Waals surface area contributed by atoms with Crippen LogP contribution < -0.4 is 19.3 Å². The van der Waals surface area contributed by atoms with Gasteiger partial charge in [0.2, 0.25) is 5.22 Å². The molecule has 5 aromatic rings. The van der Waals surface area contributed by atoms with Gasteiger partial charge in [-0.2, -0.15) is 0 Å². The van der Waals surface area contributed by atoms with E-state index in [9.17, 15) is 13.6 Å². The van der Waals surface area contributed by atoms with Gasteiger partial charge in [-0.1, -0.05) is 34.5 Å². The van der Waals surface area contributed by atoms with E-state index in [0.717, 1.165) is 4.31 Å². The molecule has 2 aromatic heterocycles. The predicted molar refractivity (Wildman–Crippen MR) is 149 cm³/mol. The molecule has 0 aliphatic rings. The minimum Gasteiger partial charge on any atom is -0.755 e. The number of para-hydroxylation sites is 2. The van der Waals surface area contributed by atoms with Crippen molar-refractivity contribution < 1.29 is 18.3 Å². The van der Waals surface area contributed by atoms with E-state index in [4.69, 9.17) is 16.3 Å². The van der Waals surface area contributed by atoms with E-state index in [0.29, 0.717) is 27.5 Å². The number of benzene rings is 3. The molecule has 0 aliphatic carbocycles. The van der Waals surface area contributed by atoms with Crippen molar-refractivity contribution in [3.8, 4) is 5.75 Å². The number of hydrogen-bond donors (Lipinski definition) is 1. The Labute approximate surface area is 235 Å². The summed E-state index contributed by atoms with van der Waals surface area (Å²) < 4.78 is 32.8. The average Bonchev–Trinajstić information content (AvgIpc) is 3.48. The summed E-state index contributed by atoms with van der Waals surface area (Å²) in [5.74, 6) is -0.157. The molecule has 3 aromatic carbocycles. The maximum Gasteiger partial charge on any atom is 0.335 e. The molecule has 0 aliphatic heterocycles. The summed E-state index contributed by atoms with van der Waals surface area (Å²) in [7, 11) is 1.51. The van der Waals surface area contributed by atoms with Crippen molar-refractivity contribution >= 4 is 62.8 Å².